The maximum Gasteiger partial charge on any atom is 0.305 e. The second kappa shape index (κ2) is 11.1. The largest absolute Gasteiger partial charge is 0.466 e. The van der Waals surface area contributed by atoms with E-state index in [0.29, 0.717) is 55.4 Å². The molecule has 2 aromatic rings. The van der Waals surface area contributed by atoms with Gasteiger partial charge in [0.05, 0.1) is 12.0 Å². The average molecular weight is 391 g/mol. The second-order valence-electron chi connectivity index (χ2n) is 5.82. The van der Waals surface area contributed by atoms with E-state index >= 15 is 0 Å². The smallest absolute Gasteiger partial charge is 0.305 e. The number of esters is 1. The van der Waals surface area contributed by atoms with Crippen LogP contribution in [0.25, 0.3) is 10.8 Å². The number of ether oxygens (including phenoxy) is 1. The summed E-state index contributed by atoms with van der Waals surface area (Å²) in [6.07, 6.45) is 1.88. The van der Waals surface area contributed by atoms with E-state index in [1.54, 1.807) is 13.0 Å². The summed E-state index contributed by atoms with van der Waals surface area (Å²) in [7, 11) is 0. The average Bonchev–Trinajstić information content (AvgIpc) is 2.67. The van der Waals surface area contributed by atoms with Gasteiger partial charge in [-0.1, -0.05) is 18.2 Å². The van der Waals surface area contributed by atoms with Crippen LogP contribution in [0.4, 0.5) is 5.82 Å². The van der Waals surface area contributed by atoms with Gasteiger partial charge in [0.2, 0.25) is 0 Å². The predicted octanol–water partition coefficient (Wildman–Crippen LogP) is 1.53. The fourth-order valence-corrected chi connectivity index (χ4v) is 2.68. The van der Waals surface area contributed by atoms with Crippen LogP contribution in [-0.2, 0) is 9.53 Å². The van der Waals surface area contributed by atoms with Crippen molar-refractivity contribution in [3.63, 3.8) is 0 Å². The van der Waals surface area contributed by atoms with Crippen molar-refractivity contribution in [1.82, 2.24) is 20.8 Å². The van der Waals surface area contributed by atoms with Gasteiger partial charge in [-0.15, -0.1) is 0 Å². The lowest BCUT2D eigenvalue weighted by Gasteiger charge is -2.11. The molecule has 9 heteroatoms. The SMILES string of the molecule is CCOC(=O)CCCNC(=S)NCCCNc1n[nH]c(=O)c2ccccc12. The van der Waals surface area contributed by atoms with E-state index in [0.717, 1.165) is 11.8 Å². The maximum absolute atomic E-state index is 11.8. The Bertz CT molecular complexity index is 824. The first kappa shape index (κ1) is 20.6. The highest BCUT2D eigenvalue weighted by molar-refractivity contribution is 7.80. The molecule has 0 aliphatic heterocycles. The fraction of sp³-hybridized carbons (Fsp3) is 0.444. The Morgan fingerprint density at radius 3 is 2.59 bits per heavy atom. The van der Waals surface area contributed by atoms with E-state index in [2.05, 4.69) is 26.1 Å². The standard InChI is InChI=1S/C18H25N5O3S/c1-2-26-15(24)9-5-10-20-18(27)21-12-6-11-19-16-13-7-3-4-8-14(13)17(25)23-22-16/h3-4,7-8H,2,5-6,9-12H2,1H3,(H,19,22)(H,23,25)(H2,20,21,27). The van der Waals surface area contributed by atoms with Crippen LogP contribution in [0, 0.1) is 0 Å². The van der Waals surface area contributed by atoms with Crippen molar-refractivity contribution >= 4 is 39.9 Å². The highest BCUT2D eigenvalue weighted by atomic mass is 32.1. The molecule has 0 spiro atoms. The molecule has 8 nitrogen and oxygen atoms in total. The van der Waals surface area contributed by atoms with E-state index in [1.807, 2.05) is 18.2 Å². The van der Waals surface area contributed by atoms with Crippen LogP contribution < -0.4 is 21.5 Å². The van der Waals surface area contributed by atoms with Crippen molar-refractivity contribution in [1.29, 1.82) is 0 Å². The molecule has 1 aromatic carbocycles. The lowest BCUT2D eigenvalue weighted by molar-refractivity contribution is -0.143. The Kier molecular flexibility index (Phi) is 8.50. The first-order chi connectivity index (χ1) is 13.1. The summed E-state index contributed by atoms with van der Waals surface area (Å²) < 4.78 is 4.86. The number of rotatable bonds is 10. The Morgan fingerprint density at radius 1 is 1.15 bits per heavy atom. The van der Waals surface area contributed by atoms with Gasteiger partial charge >= 0.3 is 5.97 Å². The van der Waals surface area contributed by atoms with Crippen LogP contribution in [0.3, 0.4) is 0 Å². The van der Waals surface area contributed by atoms with Crippen molar-refractivity contribution in [2.24, 2.45) is 0 Å². The number of aromatic nitrogens is 2. The molecule has 0 atom stereocenters. The van der Waals surface area contributed by atoms with Crippen molar-refractivity contribution in [3.8, 4) is 0 Å². The molecule has 4 N–H and O–H groups in total. The van der Waals surface area contributed by atoms with Gasteiger partial charge in [-0.3, -0.25) is 9.59 Å². The van der Waals surface area contributed by atoms with E-state index in [4.69, 9.17) is 17.0 Å². The molecule has 1 heterocycles. The highest BCUT2D eigenvalue weighted by Crippen LogP contribution is 2.16. The summed E-state index contributed by atoms with van der Waals surface area (Å²) in [5.41, 5.74) is -0.197. The minimum atomic E-state index is -0.197. The minimum Gasteiger partial charge on any atom is -0.466 e. The van der Waals surface area contributed by atoms with Gasteiger partial charge in [0, 0.05) is 31.4 Å². The van der Waals surface area contributed by atoms with Crippen molar-refractivity contribution < 1.29 is 9.53 Å². The number of hydrogen-bond acceptors (Lipinski definition) is 6. The fourth-order valence-electron chi connectivity index (χ4n) is 2.48. The molecule has 27 heavy (non-hydrogen) atoms. The molecule has 0 aliphatic carbocycles. The first-order valence-electron chi connectivity index (χ1n) is 9.00. The molecule has 0 saturated carbocycles. The predicted molar refractivity (Wildman–Crippen MR) is 110 cm³/mol. The number of fused-ring (bicyclic) bond motifs is 1. The zero-order valence-electron chi connectivity index (χ0n) is 15.3. The number of carbonyl (C=O) groups excluding carboxylic acids is 1. The quantitative estimate of drug-likeness (QED) is 0.274. The van der Waals surface area contributed by atoms with Gasteiger partial charge < -0.3 is 20.7 Å². The Hall–Kier alpha value is -2.68. The number of hydrogen-bond donors (Lipinski definition) is 4. The molecule has 0 fully saturated rings. The summed E-state index contributed by atoms with van der Waals surface area (Å²) in [5, 5.41) is 17.9. The lowest BCUT2D eigenvalue weighted by Crippen LogP contribution is -2.36. The van der Waals surface area contributed by atoms with Gasteiger partial charge in [0.15, 0.2) is 10.9 Å². The number of nitrogens with one attached hydrogen (secondary N) is 4. The van der Waals surface area contributed by atoms with Gasteiger partial charge in [0.25, 0.3) is 5.56 Å². The summed E-state index contributed by atoms with van der Waals surface area (Å²) in [6, 6.07) is 7.34. The number of anilines is 1. The van der Waals surface area contributed by atoms with E-state index in [-0.39, 0.29) is 11.5 Å². The number of thiocarbonyl (C=S) groups is 1. The van der Waals surface area contributed by atoms with Crippen molar-refractivity contribution in [2.75, 3.05) is 31.6 Å². The molecule has 0 radical (unpaired) electrons. The molecular weight excluding hydrogens is 366 g/mol. The van der Waals surface area contributed by atoms with E-state index in [1.165, 1.54) is 0 Å². The van der Waals surface area contributed by atoms with Gasteiger partial charge in [-0.2, -0.15) is 5.10 Å². The summed E-state index contributed by atoms with van der Waals surface area (Å²) in [6.45, 7) is 4.19. The Labute approximate surface area is 163 Å². The van der Waals surface area contributed by atoms with Gasteiger partial charge in [0.1, 0.15) is 0 Å². The third kappa shape index (κ3) is 6.86. The Balaban J connectivity index is 1.62. The molecule has 0 bridgehead atoms. The van der Waals surface area contributed by atoms with Gasteiger partial charge in [-0.25, -0.2) is 5.10 Å². The topological polar surface area (TPSA) is 108 Å². The second-order valence-corrected chi connectivity index (χ2v) is 6.23. The monoisotopic (exact) mass is 391 g/mol. The number of nitrogens with zero attached hydrogens (tertiary/aromatic N) is 1. The summed E-state index contributed by atoms with van der Waals surface area (Å²) >= 11 is 5.19. The number of H-pyrrole nitrogens is 1. The van der Waals surface area contributed by atoms with Crippen LogP contribution in [0.5, 0.6) is 0 Å². The van der Waals surface area contributed by atoms with E-state index in [9.17, 15) is 9.59 Å². The van der Waals surface area contributed by atoms with Crippen LogP contribution in [0.1, 0.15) is 26.2 Å². The molecule has 0 aliphatic rings. The number of carbonyl (C=O) groups is 1. The minimum absolute atomic E-state index is 0.187. The highest BCUT2D eigenvalue weighted by Gasteiger charge is 2.05. The normalized spacial score (nSPS) is 10.4. The van der Waals surface area contributed by atoms with Crippen LogP contribution in [0.2, 0.25) is 0 Å². The third-order valence-corrected chi connectivity index (χ3v) is 4.06. The number of benzene rings is 1. The first-order valence-corrected chi connectivity index (χ1v) is 9.41. The molecule has 0 amide bonds. The molecule has 0 saturated heterocycles. The zero-order chi connectivity index (χ0) is 19.5. The summed E-state index contributed by atoms with van der Waals surface area (Å²) in [5.74, 6) is 0.470. The maximum atomic E-state index is 11.8. The molecule has 0 unspecified atom stereocenters. The summed E-state index contributed by atoms with van der Waals surface area (Å²) in [4.78, 5) is 23.0. The van der Waals surface area contributed by atoms with E-state index < -0.39 is 0 Å². The Morgan fingerprint density at radius 2 is 1.85 bits per heavy atom. The van der Waals surface area contributed by atoms with Gasteiger partial charge in [-0.05, 0) is 38.0 Å². The third-order valence-electron chi connectivity index (χ3n) is 3.78. The molecule has 146 valence electrons. The molecular formula is C18H25N5O3S. The molecule has 1 aromatic heterocycles. The van der Waals surface area contributed by atoms with Crippen molar-refractivity contribution in [3.05, 3.63) is 34.6 Å². The van der Waals surface area contributed by atoms with Crippen LogP contribution in [0.15, 0.2) is 29.1 Å². The van der Waals surface area contributed by atoms with Crippen LogP contribution in [-0.4, -0.2) is 47.5 Å². The van der Waals surface area contributed by atoms with Crippen LogP contribution >= 0.6 is 12.2 Å². The number of aromatic amines is 1. The van der Waals surface area contributed by atoms with Crippen molar-refractivity contribution in [2.45, 2.75) is 26.2 Å². The zero-order valence-corrected chi connectivity index (χ0v) is 16.2. The lowest BCUT2D eigenvalue weighted by atomic mass is 10.2. The molecule has 2 rings (SSSR count).